The van der Waals surface area contributed by atoms with Gasteiger partial charge < -0.3 is 13.7 Å². The number of para-hydroxylation sites is 4. The number of benzene rings is 11. The highest BCUT2D eigenvalue weighted by Crippen LogP contribution is 2.41. The van der Waals surface area contributed by atoms with Gasteiger partial charge in [0.1, 0.15) is 0 Å². The van der Waals surface area contributed by atoms with Crippen molar-refractivity contribution in [1.29, 1.82) is 10.5 Å². The third kappa shape index (κ3) is 7.90. The molecular weight excluding hydrogens is 1010 g/mol. The lowest BCUT2D eigenvalue weighted by molar-refractivity contribution is 1.16. The Morgan fingerprint density at radius 3 is 1.19 bits per heavy atom. The van der Waals surface area contributed by atoms with Gasteiger partial charge >= 0.3 is 0 Å². The van der Waals surface area contributed by atoms with Crippen molar-refractivity contribution in [3.8, 4) is 85.4 Å². The van der Waals surface area contributed by atoms with Crippen molar-refractivity contribution >= 4 is 76.8 Å². The zero-order chi connectivity index (χ0) is 55.7. The van der Waals surface area contributed by atoms with E-state index < -0.39 is 0 Å². The summed E-state index contributed by atoms with van der Waals surface area (Å²) in [4.78, 5) is 17.1. The molecule has 0 saturated carbocycles. The minimum Gasteiger partial charge on any atom is -0.309 e. The zero-order valence-corrected chi connectivity index (χ0v) is 44.2. The van der Waals surface area contributed by atoms with Crippen molar-refractivity contribution < 1.29 is 0 Å². The fourth-order valence-electron chi connectivity index (χ4n) is 12.2. The normalized spacial score (nSPS) is 11.3. The summed E-state index contributed by atoms with van der Waals surface area (Å²) in [6, 6.07) is 89.0. The summed E-state index contributed by atoms with van der Waals surface area (Å²) in [5, 5.41) is 28.6. The smallest absolute Gasteiger partial charge is 0.187 e. The topological polar surface area (TPSA) is 96.9 Å². The molecule has 0 aliphatic heterocycles. The molecule has 9 heteroatoms. The largest absolute Gasteiger partial charge is 0.309 e. The van der Waals surface area contributed by atoms with Crippen LogP contribution >= 0.6 is 0 Å². The molecule has 0 saturated heterocycles. The monoisotopic (exact) mass is 1060 g/mol. The fraction of sp³-hybridized carbons (Fsp3) is 0. The third-order valence-corrected chi connectivity index (χ3v) is 15.9. The molecule has 0 atom stereocenters. The molecule has 0 fully saturated rings. The summed E-state index contributed by atoms with van der Waals surface area (Å²) in [5.41, 5.74) is 17.9. The van der Waals surface area contributed by atoms with E-state index in [1.54, 1.807) is 24.3 Å². The molecule has 4 heterocycles. The molecule has 15 aromatic rings. The van der Waals surface area contributed by atoms with Gasteiger partial charge in [0.15, 0.2) is 17.2 Å². The molecule has 0 aliphatic rings. The Kier molecular flexibility index (Phi) is 11.2. The van der Waals surface area contributed by atoms with Crippen molar-refractivity contribution in [3.63, 3.8) is 0 Å². The Bertz CT molecular complexity index is 4990. The molecule has 0 amide bonds. The molecular formula is C74H41N9. The van der Waals surface area contributed by atoms with Crippen LogP contribution in [-0.2, 0) is 0 Å². The Morgan fingerprint density at radius 2 is 0.711 bits per heavy atom. The Morgan fingerprint density at radius 1 is 0.313 bits per heavy atom. The summed E-state index contributed by atoms with van der Waals surface area (Å²) in [6.45, 7) is 15.2. The summed E-state index contributed by atoms with van der Waals surface area (Å²) >= 11 is 0. The Hall–Kier alpha value is -12.1. The minimum atomic E-state index is 0.377. The van der Waals surface area contributed by atoms with E-state index in [4.69, 9.17) is 23.1 Å². The van der Waals surface area contributed by atoms with Crippen LogP contribution in [0.15, 0.2) is 249 Å². The van der Waals surface area contributed by atoms with Gasteiger partial charge in [-0.25, -0.2) is 19.7 Å². The second-order valence-corrected chi connectivity index (χ2v) is 20.6. The molecule has 83 heavy (non-hydrogen) atoms. The summed E-state index contributed by atoms with van der Waals surface area (Å²) in [7, 11) is 0. The van der Waals surface area contributed by atoms with Gasteiger partial charge in [-0.1, -0.05) is 146 Å². The predicted octanol–water partition coefficient (Wildman–Crippen LogP) is 18.9. The number of nitriles is 2. The highest BCUT2D eigenvalue weighted by Gasteiger charge is 2.21. The molecule has 0 aliphatic carbocycles. The van der Waals surface area contributed by atoms with Gasteiger partial charge in [0.2, 0.25) is 0 Å². The molecule has 0 bridgehead atoms. The number of nitrogens with zero attached hydrogens (tertiary/aromatic N) is 9. The molecule has 382 valence electrons. The first-order chi connectivity index (χ1) is 40.9. The first kappa shape index (κ1) is 48.0. The molecule has 0 N–H and O–H groups in total. The first-order valence-electron chi connectivity index (χ1n) is 27.1. The minimum absolute atomic E-state index is 0.377. The van der Waals surface area contributed by atoms with Gasteiger partial charge in [-0.3, -0.25) is 0 Å². The number of hydrogen-bond donors (Lipinski definition) is 0. The number of aromatic nitrogens is 5. The summed E-state index contributed by atoms with van der Waals surface area (Å²) in [5.74, 6) is 0.438. The SMILES string of the molecule is [C-]#[N+]c1cccc(-c2cc(-c3ccc(-c4c(C#N)cc(-c5ccc(-n6c7ccc(-n8c9ccccc9c9ccccc98)cc7c7cc(-n8c9ccccc9c9ccccc98)ccc76)cc5)cc4C#N)cc3)nc(-c3cccc([N+]#[C-])c3)n2)c1. The lowest BCUT2D eigenvalue weighted by Crippen LogP contribution is -1.97. The molecule has 11 aromatic carbocycles. The second-order valence-electron chi connectivity index (χ2n) is 20.6. The average Bonchev–Trinajstić information content (AvgIpc) is 2.93. The highest BCUT2D eigenvalue weighted by molar-refractivity contribution is 6.14. The van der Waals surface area contributed by atoms with E-state index in [1.807, 2.05) is 66.7 Å². The number of hydrogen-bond acceptors (Lipinski definition) is 4. The molecule has 15 rings (SSSR count). The van der Waals surface area contributed by atoms with Crippen molar-refractivity contribution in [3.05, 3.63) is 283 Å². The van der Waals surface area contributed by atoms with Gasteiger partial charge in [0, 0.05) is 66.1 Å². The lowest BCUT2D eigenvalue weighted by Gasteiger charge is -2.13. The van der Waals surface area contributed by atoms with Gasteiger partial charge in [-0.05, 0) is 125 Å². The van der Waals surface area contributed by atoms with Gasteiger partial charge in [0.05, 0.1) is 80.9 Å². The molecule has 0 radical (unpaired) electrons. The Balaban J connectivity index is 0.818. The van der Waals surface area contributed by atoms with Crippen LogP contribution in [0.4, 0.5) is 11.4 Å². The van der Waals surface area contributed by atoms with Crippen LogP contribution in [-0.4, -0.2) is 23.7 Å². The number of rotatable bonds is 8. The van der Waals surface area contributed by atoms with Crippen LogP contribution < -0.4 is 0 Å². The summed E-state index contributed by atoms with van der Waals surface area (Å²) in [6.07, 6.45) is 0. The zero-order valence-electron chi connectivity index (χ0n) is 44.2. The quantitative estimate of drug-likeness (QED) is 0.142. The van der Waals surface area contributed by atoms with Crippen molar-refractivity contribution in [2.24, 2.45) is 0 Å². The van der Waals surface area contributed by atoms with Crippen LogP contribution in [0.5, 0.6) is 0 Å². The van der Waals surface area contributed by atoms with E-state index in [9.17, 15) is 10.5 Å². The van der Waals surface area contributed by atoms with Crippen molar-refractivity contribution in [1.82, 2.24) is 23.7 Å². The van der Waals surface area contributed by atoms with Gasteiger partial charge in [0.25, 0.3) is 0 Å². The van der Waals surface area contributed by atoms with Crippen LogP contribution in [0, 0.1) is 35.8 Å². The molecule has 4 aromatic heterocycles. The van der Waals surface area contributed by atoms with Crippen molar-refractivity contribution in [2.45, 2.75) is 0 Å². The van der Waals surface area contributed by atoms with Crippen LogP contribution in [0.3, 0.4) is 0 Å². The molecule has 0 spiro atoms. The van der Waals surface area contributed by atoms with E-state index in [1.165, 1.54) is 21.5 Å². The van der Waals surface area contributed by atoms with E-state index >= 15 is 0 Å². The van der Waals surface area contributed by atoms with Crippen LogP contribution in [0.25, 0.3) is 148 Å². The first-order valence-corrected chi connectivity index (χ1v) is 27.1. The maximum absolute atomic E-state index is 10.8. The van der Waals surface area contributed by atoms with Crippen LogP contribution in [0.2, 0.25) is 0 Å². The Labute approximate surface area is 476 Å². The maximum atomic E-state index is 10.8. The fourth-order valence-corrected chi connectivity index (χ4v) is 12.2. The predicted molar refractivity (Wildman–Crippen MR) is 334 cm³/mol. The summed E-state index contributed by atoms with van der Waals surface area (Å²) < 4.78 is 7.07. The molecule has 9 nitrogen and oxygen atoms in total. The second kappa shape index (κ2) is 19.3. The van der Waals surface area contributed by atoms with Crippen LogP contribution in [0.1, 0.15) is 11.1 Å². The molecule has 0 unspecified atom stereocenters. The van der Waals surface area contributed by atoms with Crippen molar-refractivity contribution in [2.75, 3.05) is 0 Å². The van der Waals surface area contributed by atoms with E-state index in [0.717, 1.165) is 83.2 Å². The van der Waals surface area contributed by atoms with Gasteiger partial charge in [-0.15, -0.1) is 0 Å². The highest BCUT2D eigenvalue weighted by atomic mass is 15.0. The third-order valence-electron chi connectivity index (χ3n) is 15.9. The van der Waals surface area contributed by atoms with E-state index in [-0.39, 0.29) is 0 Å². The van der Waals surface area contributed by atoms with E-state index in [0.29, 0.717) is 56.4 Å². The van der Waals surface area contributed by atoms with Gasteiger partial charge in [-0.2, -0.15) is 10.5 Å². The lowest BCUT2D eigenvalue weighted by atomic mass is 9.90. The number of fused-ring (bicyclic) bond motifs is 9. The standard InChI is InChI=1S/C74H41N9/c1-77-54-15-11-13-49(39-54)66-43-65(79-74(80-66)50-14-12-16-55(40-50)78-2)47-25-27-48(28-26-47)73-52(44-75)37-51(38-53(73)45-76)46-29-31-56(32-30-46)81-71-35-33-57(82-67-21-7-3-17-59(67)60-18-4-8-22-68(60)82)41-63(71)64-42-58(34-36-72(64)81)83-69-23-9-5-19-61(69)62-20-6-10-24-70(62)83/h3-43H. The average molecular weight is 1060 g/mol. The maximum Gasteiger partial charge on any atom is 0.187 e. The van der Waals surface area contributed by atoms with E-state index in [2.05, 4.69) is 193 Å².